The lowest BCUT2D eigenvalue weighted by atomic mass is 9.99. The molecule has 1 aliphatic rings. The van der Waals surface area contributed by atoms with Crippen LogP contribution < -0.4 is 10.6 Å². The highest BCUT2D eigenvalue weighted by molar-refractivity contribution is 7.89. The molecule has 9 nitrogen and oxygen atoms in total. The predicted molar refractivity (Wildman–Crippen MR) is 103 cm³/mol. The van der Waals surface area contributed by atoms with Crippen LogP contribution >= 0.6 is 12.4 Å². The molecule has 2 atom stereocenters. The quantitative estimate of drug-likeness (QED) is 0.504. The first-order valence-electron chi connectivity index (χ1n) is 8.45. The standard InChI is InChI=1S/C16H24N4O5S.ClH/c1-12(17-2)10-18-16(21)13-4-3-9-19(11-13)26(24,25)15-7-5-14(6-8-15)20(22)23;/h5-8,12-13,17H,3-4,9-11H2,1-2H3,(H,18,21);1H. The molecule has 1 heterocycles. The van der Waals surface area contributed by atoms with Crippen molar-refractivity contribution >= 4 is 34.0 Å². The van der Waals surface area contributed by atoms with Crippen LogP contribution in [0.4, 0.5) is 5.69 Å². The fourth-order valence-corrected chi connectivity index (χ4v) is 4.29. The molecular weight excluding hydrogens is 396 g/mol. The van der Waals surface area contributed by atoms with Crippen LogP contribution in [0.25, 0.3) is 0 Å². The van der Waals surface area contributed by atoms with Gasteiger partial charge in [-0.1, -0.05) is 0 Å². The Morgan fingerprint density at radius 3 is 2.56 bits per heavy atom. The summed E-state index contributed by atoms with van der Waals surface area (Å²) in [6.45, 7) is 2.85. The number of hydrogen-bond donors (Lipinski definition) is 2. The molecule has 27 heavy (non-hydrogen) atoms. The number of nitrogens with one attached hydrogen (secondary N) is 2. The zero-order chi connectivity index (χ0) is 19.3. The summed E-state index contributed by atoms with van der Waals surface area (Å²) in [5.41, 5.74) is -0.168. The normalized spacial score (nSPS) is 19.0. The summed E-state index contributed by atoms with van der Waals surface area (Å²) in [5.74, 6) is -0.559. The van der Waals surface area contributed by atoms with Crippen LogP contribution in [0.2, 0.25) is 0 Å². The Morgan fingerprint density at radius 1 is 1.37 bits per heavy atom. The first-order valence-corrected chi connectivity index (χ1v) is 9.89. The number of nitrogens with zero attached hydrogens (tertiary/aromatic N) is 2. The Bertz CT molecular complexity index is 757. The van der Waals surface area contributed by atoms with E-state index in [-0.39, 0.29) is 41.5 Å². The van der Waals surface area contributed by atoms with Crippen LogP contribution in [-0.4, -0.2) is 56.3 Å². The van der Waals surface area contributed by atoms with Gasteiger partial charge in [0.2, 0.25) is 15.9 Å². The number of sulfonamides is 1. The summed E-state index contributed by atoms with van der Waals surface area (Å²) in [6.07, 6.45) is 1.22. The second kappa shape index (κ2) is 9.98. The zero-order valence-electron chi connectivity index (χ0n) is 15.3. The van der Waals surface area contributed by atoms with Gasteiger partial charge in [0.1, 0.15) is 0 Å². The number of benzene rings is 1. The Kier molecular flexibility index (Phi) is 8.60. The lowest BCUT2D eigenvalue weighted by Gasteiger charge is -2.31. The third-order valence-corrected chi connectivity index (χ3v) is 6.39. The summed E-state index contributed by atoms with van der Waals surface area (Å²) < 4.78 is 26.8. The molecule has 1 aromatic carbocycles. The summed E-state index contributed by atoms with van der Waals surface area (Å²) in [6, 6.07) is 4.92. The number of nitro benzene ring substituents is 1. The van der Waals surface area contributed by atoms with Crippen molar-refractivity contribution in [3.63, 3.8) is 0 Å². The molecule has 0 spiro atoms. The third-order valence-electron chi connectivity index (χ3n) is 4.52. The van der Waals surface area contributed by atoms with Crippen molar-refractivity contribution in [1.82, 2.24) is 14.9 Å². The molecule has 0 aromatic heterocycles. The van der Waals surface area contributed by atoms with Crippen molar-refractivity contribution in [1.29, 1.82) is 0 Å². The van der Waals surface area contributed by atoms with E-state index in [0.29, 0.717) is 25.9 Å². The number of halogens is 1. The molecule has 0 saturated carbocycles. The van der Waals surface area contributed by atoms with Crippen molar-refractivity contribution in [3.05, 3.63) is 34.4 Å². The number of carbonyl (C=O) groups is 1. The molecule has 0 bridgehead atoms. The molecule has 1 saturated heterocycles. The molecule has 1 aliphatic heterocycles. The average molecular weight is 421 g/mol. The van der Waals surface area contributed by atoms with Gasteiger partial charge in [-0.25, -0.2) is 8.42 Å². The minimum Gasteiger partial charge on any atom is -0.354 e. The molecule has 2 N–H and O–H groups in total. The van der Waals surface area contributed by atoms with Gasteiger partial charge in [0, 0.05) is 37.8 Å². The van der Waals surface area contributed by atoms with E-state index < -0.39 is 20.9 Å². The van der Waals surface area contributed by atoms with Crippen molar-refractivity contribution in [3.8, 4) is 0 Å². The largest absolute Gasteiger partial charge is 0.354 e. The maximum absolute atomic E-state index is 12.8. The van der Waals surface area contributed by atoms with Gasteiger partial charge in [0.05, 0.1) is 15.7 Å². The van der Waals surface area contributed by atoms with E-state index in [0.717, 1.165) is 0 Å². The van der Waals surface area contributed by atoms with Gasteiger partial charge in [-0.15, -0.1) is 12.4 Å². The van der Waals surface area contributed by atoms with E-state index in [1.54, 1.807) is 7.05 Å². The number of amides is 1. The van der Waals surface area contributed by atoms with E-state index in [4.69, 9.17) is 0 Å². The second-order valence-electron chi connectivity index (χ2n) is 6.39. The second-order valence-corrected chi connectivity index (χ2v) is 8.33. The van der Waals surface area contributed by atoms with Crippen LogP contribution in [0.15, 0.2) is 29.2 Å². The van der Waals surface area contributed by atoms with Gasteiger partial charge in [-0.05, 0) is 38.9 Å². The third kappa shape index (κ3) is 5.86. The molecular formula is C16H25ClN4O5S. The van der Waals surface area contributed by atoms with Gasteiger partial charge in [-0.2, -0.15) is 4.31 Å². The van der Waals surface area contributed by atoms with E-state index in [2.05, 4.69) is 10.6 Å². The summed E-state index contributed by atoms with van der Waals surface area (Å²) >= 11 is 0. The number of rotatable bonds is 7. The van der Waals surface area contributed by atoms with Crippen molar-refractivity contribution in [2.75, 3.05) is 26.7 Å². The monoisotopic (exact) mass is 420 g/mol. The van der Waals surface area contributed by atoms with E-state index >= 15 is 0 Å². The highest BCUT2D eigenvalue weighted by Gasteiger charge is 2.33. The van der Waals surface area contributed by atoms with Crippen LogP contribution in [0.3, 0.4) is 0 Å². The molecule has 11 heteroatoms. The SMILES string of the molecule is CNC(C)CNC(=O)C1CCCN(S(=O)(=O)c2ccc([N+](=O)[O-])cc2)C1.Cl. The fourth-order valence-electron chi connectivity index (χ4n) is 2.76. The average Bonchev–Trinajstić information content (AvgIpc) is 2.65. The van der Waals surface area contributed by atoms with Crippen molar-refractivity contribution in [2.45, 2.75) is 30.7 Å². The predicted octanol–water partition coefficient (Wildman–Crippen LogP) is 1.14. The molecule has 152 valence electrons. The number of nitro groups is 1. The van der Waals surface area contributed by atoms with E-state index in [1.165, 1.54) is 28.6 Å². The first-order chi connectivity index (χ1) is 12.3. The molecule has 1 amide bonds. The Hall–Kier alpha value is -1.75. The van der Waals surface area contributed by atoms with E-state index in [1.807, 2.05) is 6.92 Å². The number of hydrogen-bond acceptors (Lipinski definition) is 6. The summed E-state index contributed by atoms with van der Waals surface area (Å²) in [5, 5.41) is 16.6. The molecule has 2 rings (SSSR count). The van der Waals surface area contributed by atoms with Gasteiger partial charge < -0.3 is 10.6 Å². The van der Waals surface area contributed by atoms with Crippen molar-refractivity contribution in [2.24, 2.45) is 5.92 Å². The first kappa shape index (κ1) is 23.3. The summed E-state index contributed by atoms with van der Waals surface area (Å²) in [4.78, 5) is 22.4. The number of non-ortho nitro benzene ring substituents is 1. The van der Waals surface area contributed by atoms with Gasteiger partial charge in [0.25, 0.3) is 5.69 Å². The molecule has 2 unspecified atom stereocenters. The van der Waals surface area contributed by atoms with Crippen LogP contribution in [-0.2, 0) is 14.8 Å². The maximum atomic E-state index is 12.8. The zero-order valence-corrected chi connectivity index (χ0v) is 16.9. The Labute approximate surface area is 165 Å². The molecule has 1 aromatic rings. The number of likely N-dealkylation sites (N-methyl/N-ethyl adjacent to an activating group) is 1. The Morgan fingerprint density at radius 2 is 2.00 bits per heavy atom. The number of piperidine rings is 1. The molecule has 0 aliphatic carbocycles. The lowest BCUT2D eigenvalue weighted by Crippen LogP contribution is -2.47. The highest BCUT2D eigenvalue weighted by atomic mass is 35.5. The van der Waals surface area contributed by atoms with E-state index in [9.17, 15) is 23.3 Å². The van der Waals surface area contributed by atoms with Gasteiger partial charge in [-0.3, -0.25) is 14.9 Å². The number of carbonyl (C=O) groups excluding carboxylic acids is 1. The minimum absolute atomic E-state index is 0. The molecule has 0 radical (unpaired) electrons. The lowest BCUT2D eigenvalue weighted by molar-refractivity contribution is -0.384. The summed E-state index contributed by atoms with van der Waals surface area (Å²) in [7, 11) is -1.99. The Balaban J connectivity index is 0.00000364. The van der Waals surface area contributed by atoms with Crippen LogP contribution in [0.1, 0.15) is 19.8 Å². The van der Waals surface area contributed by atoms with Crippen LogP contribution in [0.5, 0.6) is 0 Å². The molecule has 1 fully saturated rings. The van der Waals surface area contributed by atoms with Gasteiger partial charge in [0.15, 0.2) is 0 Å². The topological polar surface area (TPSA) is 122 Å². The van der Waals surface area contributed by atoms with Gasteiger partial charge >= 0.3 is 0 Å². The van der Waals surface area contributed by atoms with Crippen LogP contribution in [0, 0.1) is 16.0 Å². The van der Waals surface area contributed by atoms with Crippen molar-refractivity contribution < 1.29 is 18.1 Å². The minimum atomic E-state index is -3.79. The highest BCUT2D eigenvalue weighted by Crippen LogP contribution is 2.25. The smallest absolute Gasteiger partial charge is 0.269 e. The maximum Gasteiger partial charge on any atom is 0.269 e. The fraction of sp³-hybridized carbons (Fsp3) is 0.562.